The van der Waals surface area contributed by atoms with Crippen LogP contribution in [-0.4, -0.2) is 11.5 Å². The number of thiophene rings is 1. The number of aromatic nitrogens is 1. The van der Waals surface area contributed by atoms with Gasteiger partial charge in [0.1, 0.15) is 5.82 Å². The smallest absolute Gasteiger partial charge is 0.128 e. The van der Waals surface area contributed by atoms with Crippen molar-refractivity contribution in [2.75, 3.05) is 11.4 Å². The van der Waals surface area contributed by atoms with Gasteiger partial charge in [0.2, 0.25) is 0 Å². The maximum atomic E-state index is 4.50. The van der Waals surface area contributed by atoms with Crippen molar-refractivity contribution in [1.82, 2.24) is 4.98 Å². The van der Waals surface area contributed by atoms with Crippen LogP contribution in [0.5, 0.6) is 0 Å². The Balaban J connectivity index is 2.11. The SMILES string of the molecule is CCN(Cc1cccs1)c1ccc(CBr)cn1. The molecule has 2 rings (SSSR count). The van der Waals surface area contributed by atoms with E-state index in [-0.39, 0.29) is 0 Å². The summed E-state index contributed by atoms with van der Waals surface area (Å²) in [5.74, 6) is 1.05. The average Bonchev–Trinajstić information content (AvgIpc) is 2.89. The second-order valence-corrected chi connectivity index (χ2v) is 5.34. The van der Waals surface area contributed by atoms with Crippen molar-refractivity contribution >= 4 is 33.1 Å². The van der Waals surface area contributed by atoms with E-state index in [9.17, 15) is 0 Å². The number of pyridine rings is 1. The first-order valence-electron chi connectivity index (χ1n) is 5.61. The topological polar surface area (TPSA) is 16.1 Å². The molecule has 2 aromatic rings. The van der Waals surface area contributed by atoms with Crippen molar-refractivity contribution in [1.29, 1.82) is 0 Å². The van der Waals surface area contributed by atoms with Gasteiger partial charge in [-0.05, 0) is 30.0 Å². The Labute approximate surface area is 114 Å². The minimum absolute atomic E-state index is 0.858. The number of halogens is 1. The second kappa shape index (κ2) is 6.17. The summed E-state index contributed by atoms with van der Waals surface area (Å²) in [5, 5.41) is 2.97. The van der Waals surface area contributed by atoms with Crippen LogP contribution in [0.3, 0.4) is 0 Å². The van der Waals surface area contributed by atoms with Crippen LogP contribution in [0.15, 0.2) is 35.8 Å². The fraction of sp³-hybridized carbons (Fsp3) is 0.308. The predicted octanol–water partition coefficient (Wildman–Crippen LogP) is 4.06. The maximum absolute atomic E-state index is 4.50. The van der Waals surface area contributed by atoms with E-state index < -0.39 is 0 Å². The third-order valence-corrected chi connectivity index (χ3v) is 4.10. The Hall–Kier alpha value is -0.870. The Morgan fingerprint density at radius 2 is 2.24 bits per heavy atom. The monoisotopic (exact) mass is 310 g/mol. The minimum Gasteiger partial charge on any atom is -0.352 e. The highest BCUT2D eigenvalue weighted by molar-refractivity contribution is 9.08. The number of nitrogens with zero attached hydrogens (tertiary/aromatic N) is 2. The molecule has 0 fully saturated rings. The van der Waals surface area contributed by atoms with Crippen LogP contribution >= 0.6 is 27.3 Å². The van der Waals surface area contributed by atoms with Gasteiger partial charge in [-0.2, -0.15) is 0 Å². The van der Waals surface area contributed by atoms with Crippen molar-refractivity contribution in [2.45, 2.75) is 18.8 Å². The molecule has 0 atom stereocenters. The Morgan fingerprint density at radius 3 is 2.76 bits per heavy atom. The first-order chi connectivity index (χ1) is 8.33. The van der Waals surface area contributed by atoms with Crippen LogP contribution in [0.25, 0.3) is 0 Å². The van der Waals surface area contributed by atoms with Gasteiger partial charge >= 0.3 is 0 Å². The molecular weight excluding hydrogens is 296 g/mol. The molecule has 0 N–H and O–H groups in total. The molecule has 2 aromatic heterocycles. The molecule has 0 saturated heterocycles. The van der Waals surface area contributed by atoms with E-state index in [0.29, 0.717) is 0 Å². The largest absolute Gasteiger partial charge is 0.352 e. The fourth-order valence-corrected chi connectivity index (χ4v) is 2.68. The first kappa shape index (κ1) is 12.6. The first-order valence-corrected chi connectivity index (χ1v) is 7.61. The van der Waals surface area contributed by atoms with E-state index in [1.807, 2.05) is 6.20 Å². The molecule has 0 amide bonds. The van der Waals surface area contributed by atoms with Gasteiger partial charge in [-0.1, -0.05) is 28.1 Å². The summed E-state index contributed by atoms with van der Waals surface area (Å²) in [5.41, 5.74) is 1.21. The maximum Gasteiger partial charge on any atom is 0.128 e. The molecule has 2 heterocycles. The van der Waals surface area contributed by atoms with Gasteiger partial charge in [-0.25, -0.2) is 4.98 Å². The van der Waals surface area contributed by atoms with Crippen LogP contribution in [-0.2, 0) is 11.9 Å². The van der Waals surface area contributed by atoms with Crippen molar-refractivity contribution in [3.8, 4) is 0 Å². The van der Waals surface area contributed by atoms with E-state index in [4.69, 9.17) is 0 Å². The number of hydrogen-bond acceptors (Lipinski definition) is 3. The second-order valence-electron chi connectivity index (χ2n) is 3.75. The van der Waals surface area contributed by atoms with Gasteiger partial charge in [0.05, 0.1) is 6.54 Å². The molecule has 0 aromatic carbocycles. The van der Waals surface area contributed by atoms with Gasteiger partial charge in [-0.15, -0.1) is 11.3 Å². The molecule has 0 aliphatic heterocycles. The van der Waals surface area contributed by atoms with Gasteiger partial charge in [0.25, 0.3) is 0 Å². The highest BCUT2D eigenvalue weighted by atomic mass is 79.9. The van der Waals surface area contributed by atoms with Crippen LogP contribution in [0.4, 0.5) is 5.82 Å². The van der Waals surface area contributed by atoms with Crippen LogP contribution in [0.2, 0.25) is 0 Å². The highest BCUT2D eigenvalue weighted by Gasteiger charge is 2.07. The summed E-state index contributed by atoms with van der Waals surface area (Å²) in [4.78, 5) is 8.16. The van der Waals surface area contributed by atoms with Crippen LogP contribution in [0.1, 0.15) is 17.4 Å². The van der Waals surface area contributed by atoms with E-state index in [1.165, 1.54) is 10.4 Å². The lowest BCUT2D eigenvalue weighted by Gasteiger charge is -2.21. The van der Waals surface area contributed by atoms with E-state index in [1.54, 1.807) is 11.3 Å². The van der Waals surface area contributed by atoms with E-state index >= 15 is 0 Å². The Kier molecular flexibility index (Phi) is 4.57. The van der Waals surface area contributed by atoms with E-state index in [0.717, 1.165) is 24.2 Å². The van der Waals surface area contributed by atoms with Gasteiger partial charge < -0.3 is 4.90 Å². The molecule has 17 heavy (non-hydrogen) atoms. The van der Waals surface area contributed by atoms with Gasteiger partial charge in [0, 0.05) is 22.9 Å². The normalized spacial score (nSPS) is 10.5. The zero-order valence-corrected chi connectivity index (χ0v) is 12.2. The summed E-state index contributed by atoms with van der Waals surface area (Å²) in [6.45, 7) is 4.07. The average molecular weight is 311 g/mol. The minimum atomic E-state index is 0.858. The lowest BCUT2D eigenvalue weighted by Crippen LogP contribution is -2.22. The molecule has 0 unspecified atom stereocenters. The summed E-state index contributed by atoms with van der Waals surface area (Å²) in [7, 11) is 0. The third-order valence-electron chi connectivity index (χ3n) is 2.60. The highest BCUT2D eigenvalue weighted by Crippen LogP contribution is 2.18. The number of anilines is 1. The zero-order valence-electron chi connectivity index (χ0n) is 9.77. The molecular formula is C13H15BrN2S. The molecule has 0 aliphatic rings. The van der Waals surface area contributed by atoms with E-state index in [2.05, 4.69) is 62.4 Å². The van der Waals surface area contributed by atoms with Crippen LogP contribution in [0, 0.1) is 0 Å². The quantitative estimate of drug-likeness (QED) is 0.774. The number of rotatable bonds is 5. The molecule has 2 nitrogen and oxygen atoms in total. The van der Waals surface area contributed by atoms with Crippen molar-refractivity contribution in [3.63, 3.8) is 0 Å². The molecule has 90 valence electrons. The molecule has 0 bridgehead atoms. The number of alkyl halides is 1. The fourth-order valence-electron chi connectivity index (χ4n) is 1.63. The molecule has 0 spiro atoms. The Bertz CT molecular complexity index is 439. The van der Waals surface area contributed by atoms with Crippen molar-refractivity contribution in [2.24, 2.45) is 0 Å². The zero-order chi connectivity index (χ0) is 12.1. The molecule has 4 heteroatoms. The number of hydrogen-bond donors (Lipinski definition) is 0. The summed E-state index contributed by atoms with van der Waals surface area (Å²) >= 11 is 5.22. The summed E-state index contributed by atoms with van der Waals surface area (Å²) < 4.78 is 0. The van der Waals surface area contributed by atoms with Crippen LogP contribution < -0.4 is 4.90 Å². The predicted molar refractivity (Wildman–Crippen MR) is 77.9 cm³/mol. The third kappa shape index (κ3) is 3.30. The van der Waals surface area contributed by atoms with Crippen molar-refractivity contribution < 1.29 is 0 Å². The molecule has 0 radical (unpaired) electrons. The summed E-state index contributed by atoms with van der Waals surface area (Å²) in [6, 6.07) is 8.47. The lowest BCUT2D eigenvalue weighted by atomic mass is 10.3. The van der Waals surface area contributed by atoms with Gasteiger partial charge in [-0.3, -0.25) is 0 Å². The lowest BCUT2D eigenvalue weighted by molar-refractivity contribution is 0.822. The van der Waals surface area contributed by atoms with Crippen molar-refractivity contribution in [3.05, 3.63) is 46.3 Å². The standard InChI is InChI=1S/C13H15BrN2S/c1-2-16(10-12-4-3-7-17-12)13-6-5-11(8-14)9-15-13/h3-7,9H,2,8,10H2,1H3. The summed E-state index contributed by atoms with van der Waals surface area (Å²) in [6.07, 6.45) is 1.93. The molecule has 0 aliphatic carbocycles. The Morgan fingerprint density at radius 1 is 1.35 bits per heavy atom. The molecule has 0 saturated carbocycles. The van der Waals surface area contributed by atoms with Gasteiger partial charge in [0.15, 0.2) is 0 Å².